The Kier molecular flexibility index (Phi) is 2.89. The van der Waals surface area contributed by atoms with Crippen LogP contribution in [0.15, 0.2) is 39.1 Å². The van der Waals surface area contributed by atoms with Gasteiger partial charge in [0.25, 0.3) is 5.22 Å². The maximum atomic E-state index is 5.26. The Bertz CT molecular complexity index is 457. The van der Waals surface area contributed by atoms with E-state index in [1.807, 2.05) is 19.1 Å². The highest BCUT2D eigenvalue weighted by Crippen LogP contribution is 2.25. The first kappa shape index (κ1) is 10.0. The Morgan fingerprint density at radius 2 is 2.27 bits per heavy atom. The molecule has 0 amide bonds. The van der Waals surface area contributed by atoms with Crippen molar-refractivity contribution in [3.05, 3.63) is 30.2 Å². The molecule has 0 spiro atoms. The number of nitrogens with zero attached hydrogens (tertiary/aromatic N) is 2. The minimum atomic E-state index is 0.578. The molecule has 0 saturated heterocycles. The van der Waals surface area contributed by atoms with Gasteiger partial charge in [0, 0.05) is 0 Å². The van der Waals surface area contributed by atoms with Gasteiger partial charge in [0.1, 0.15) is 17.1 Å². The van der Waals surface area contributed by atoms with Crippen LogP contribution in [-0.2, 0) is 0 Å². The van der Waals surface area contributed by atoms with Crippen molar-refractivity contribution in [2.75, 3.05) is 5.43 Å². The van der Waals surface area contributed by atoms with Gasteiger partial charge in [-0.15, -0.1) is 0 Å². The molecule has 2 heterocycles. The number of rotatable bonds is 3. The fourth-order valence-corrected chi connectivity index (χ4v) is 1.78. The van der Waals surface area contributed by atoms with Crippen LogP contribution < -0.4 is 11.3 Å². The van der Waals surface area contributed by atoms with Crippen molar-refractivity contribution in [2.24, 2.45) is 5.84 Å². The molecular weight excluding hydrogens is 212 g/mol. The van der Waals surface area contributed by atoms with Gasteiger partial charge in [-0.05, 0) is 30.8 Å². The van der Waals surface area contributed by atoms with Crippen LogP contribution in [0.2, 0.25) is 0 Å². The van der Waals surface area contributed by atoms with Crippen LogP contribution in [0, 0.1) is 6.92 Å². The molecule has 2 aromatic heterocycles. The van der Waals surface area contributed by atoms with Gasteiger partial charge in [0.15, 0.2) is 0 Å². The number of aromatic nitrogens is 2. The first-order valence-corrected chi connectivity index (χ1v) is 5.13. The molecule has 5 nitrogen and oxygen atoms in total. The van der Waals surface area contributed by atoms with Crippen molar-refractivity contribution in [1.29, 1.82) is 0 Å². The summed E-state index contributed by atoms with van der Waals surface area (Å²) in [5.41, 5.74) is 3.34. The molecule has 2 aromatic rings. The molecule has 0 radical (unpaired) electrons. The molecule has 0 atom stereocenters. The highest BCUT2D eigenvalue weighted by atomic mass is 32.2. The number of anilines is 1. The lowest BCUT2D eigenvalue weighted by Gasteiger charge is -2.00. The summed E-state index contributed by atoms with van der Waals surface area (Å²) in [5, 5.41) is 1.36. The van der Waals surface area contributed by atoms with E-state index in [0.717, 1.165) is 10.7 Å². The number of oxazole rings is 1. The van der Waals surface area contributed by atoms with E-state index in [1.165, 1.54) is 11.8 Å². The summed E-state index contributed by atoms with van der Waals surface area (Å²) < 4.78 is 5.20. The Balaban J connectivity index is 2.16. The lowest BCUT2D eigenvalue weighted by atomic mass is 10.5. The van der Waals surface area contributed by atoms with E-state index in [0.29, 0.717) is 11.0 Å². The van der Waals surface area contributed by atoms with E-state index in [-0.39, 0.29) is 0 Å². The Hall–Kier alpha value is -1.53. The van der Waals surface area contributed by atoms with E-state index >= 15 is 0 Å². The zero-order valence-electron chi connectivity index (χ0n) is 8.10. The SMILES string of the molecule is Cc1coc(Sc2cccc(NN)n2)n1. The highest BCUT2D eigenvalue weighted by molar-refractivity contribution is 7.99. The van der Waals surface area contributed by atoms with E-state index < -0.39 is 0 Å². The third kappa shape index (κ3) is 2.48. The van der Waals surface area contributed by atoms with Crippen molar-refractivity contribution in [2.45, 2.75) is 17.2 Å². The average Bonchev–Trinajstić information content (AvgIpc) is 2.64. The lowest BCUT2D eigenvalue weighted by Crippen LogP contribution is -2.08. The van der Waals surface area contributed by atoms with Gasteiger partial charge >= 0.3 is 0 Å². The number of aryl methyl sites for hydroxylation is 1. The van der Waals surface area contributed by atoms with Crippen molar-refractivity contribution < 1.29 is 4.42 Å². The van der Waals surface area contributed by atoms with E-state index in [1.54, 1.807) is 12.3 Å². The Morgan fingerprint density at radius 3 is 2.93 bits per heavy atom. The number of hydrogen-bond acceptors (Lipinski definition) is 6. The summed E-state index contributed by atoms with van der Waals surface area (Å²) in [4.78, 5) is 8.39. The molecule has 2 rings (SSSR count). The molecular formula is C9H10N4OS. The molecule has 0 aliphatic rings. The van der Waals surface area contributed by atoms with Gasteiger partial charge in [-0.25, -0.2) is 15.8 Å². The summed E-state index contributed by atoms with van der Waals surface area (Å²) in [5.74, 6) is 5.87. The highest BCUT2D eigenvalue weighted by Gasteiger charge is 2.04. The monoisotopic (exact) mass is 222 g/mol. The van der Waals surface area contributed by atoms with Gasteiger partial charge in [0.2, 0.25) is 0 Å². The smallest absolute Gasteiger partial charge is 0.262 e. The number of nitrogens with two attached hydrogens (primary N) is 1. The zero-order valence-corrected chi connectivity index (χ0v) is 8.91. The third-order valence-electron chi connectivity index (χ3n) is 1.66. The molecule has 0 bridgehead atoms. The summed E-state index contributed by atoms with van der Waals surface area (Å²) in [7, 11) is 0. The second-order valence-electron chi connectivity index (χ2n) is 2.86. The number of nitrogens with one attached hydrogen (secondary N) is 1. The lowest BCUT2D eigenvalue weighted by molar-refractivity contribution is 0.454. The first-order valence-electron chi connectivity index (χ1n) is 4.31. The maximum absolute atomic E-state index is 5.26. The quantitative estimate of drug-likeness (QED) is 0.609. The average molecular weight is 222 g/mol. The van der Waals surface area contributed by atoms with Crippen molar-refractivity contribution in [3.8, 4) is 0 Å². The first-order chi connectivity index (χ1) is 7.28. The zero-order chi connectivity index (χ0) is 10.7. The summed E-state index contributed by atoms with van der Waals surface area (Å²) in [6.07, 6.45) is 1.60. The minimum absolute atomic E-state index is 0.578. The summed E-state index contributed by atoms with van der Waals surface area (Å²) >= 11 is 1.35. The van der Waals surface area contributed by atoms with Gasteiger partial charge in [-0.2, -0.15) is 0 Å². The van der Waals surface area contributed by atoms with Crippen molar-refractivity contribution in [1.82, 2.24) is 9.97 Å². The second-order valence-corrected chi connectivity index (χ2v) is 3.83. The number of nitrogen functional groups attached to an aromatic ring is 1. The number of hydrogen-bond donors (Lipinski definition) is 2. The fraction of sp³-hybridized carbons (Fsp3) is 0.111. The Morgan fingerprint density at radius 1 is 1.40 bits per heavy atom. The topological polar surface area (TPSA) is 77.0 Å². The summed E-state index contributed by atoms with van der Waals surface area (Å²) in [6, 6.07) is 5.51. The molecule has 0 fully saturated rings. The maximum Gasteiger partial charge on any atom is 0.262 e. The largest absolute Gasteiger partial charge is 0.439 e. The third-order valence-corrected chi connectivity index (χ3v) is 2.46. The van der Waals surface area contributed by atoms with Crippen LogP contribution in [0.3, 0.4) is 0 Å². The van der Waals surface area contributed by atoms with Gasteiger partial charge in [-0.1, -0.05) is 6.07 Å². The van der Waals surface area contributed by atoms with Crippen LogP contribution in [-0.4, -0.2) is 9.97 Å². The predicted molar refractivity (Wildman–Crippen MR) is 57.4 cm³/mol. The van der Waals surface area contributed by atoms with Crippen LogP contribution in [0.5, 0.6) is 0 Å². The van der Waals surface area contributed by atoms with Crippen LogP contribution in [0.25, 0.3) is 0 Å². The van der Waals surface area contributed by atoms with Gasteiger partial charge in [0.05, 0.1) is 5.69 Å². The normalized spacial score (nSPS) is 10.3. The molecule has 0 aliphatic carbocycles. The predicted octanol–water partition coefficient (Wildman–Crippen LogP) is 1.81. The van der Waals surface area contributed by atoms with E-state index in [9.17, 15) is 0 Å². The van der Waals surface area contributed by atoms with Crippen LogP contribution in [0.4, 0.5) is 5.82 Å². The Labute approximate surface area is 91.1 Å². The fourth-order valence-electron chi connectivity index (χ4n) is 1.02. The molecule has 3 N–H and O–H groups in total. The molecule has 78 valence electrons. The number of hydrazine groups is 1. The molecule has 0 saturated carbocycles. The minimum Gasteiger partial charge on any atom is -0.439 e. The van der Waals surface area contributed by atoms with Gasteiger partial charge in [-0.3, -0.25) is 0 Å². The molecule has 0 unspecified atom stereocenters. The van der Waals surface area contributed by atoms with Crippen LogP contribution >= 0.6 is 11.8 Å². The van der Waals surface area contributed by atoms with E-state index in [2.05, 4.69) is 15.4 Å². The molecule has 0 aliphatic heterocycles. The van der Waals surface area contributed by atoms with Crippen molar-refractivity contribution >= 4 is 17.6 Å². The van der Waals surface area contributed by atoms with Crippen LogP contribution in [0.1, 0.15) is 5.69 Å². The van der Waals surface area contributed by atoms with Crippen molar-refractivity contribution in [3.63, 3.8) is 0 Å². The van der Waals surface area contributed by atoms with Gasteiger partial charge < -0.3 is 9.84 Å². The second kappa shape index (κ2) is 4.33. The number of pyridine rings is 1. The summed E-state index contributed by atoms with van der Waals surface area (Å²) in [6.45, 7) is 1.87. The standard InChI is InChI=1S/C9H10N4OS/c1-6-5-14-9(11-6)15-8-4-2-3-7(12-8)13-10/h2-5H,10H2,1H3,(H,12,13). The molecule has 15 heavy (non-hydrogen) atoms. The molecule has 0 aromatic carbocycles. The molecule has 6 heteroatoms. The van der Waals surface area contributed by atoms with E-state index in [4.69, 9.17) is 10.3 Å².